The predicted octanol–water partition coefficient (Wildman–Crippen LogP) is 3.26. The van der Waals surface area contributed by atoms with Crippen LogP contribution in [0.3, 0.4) is 0 Å². The van der Waals surface area contributed by atoms with Gasteiger partial charge < -0.3 is 15.4 Å². The van der Waals surface area contributed by atoms with Gasteiger partial charge >= 0.3 is 0 Å². The summed E-state index contributed by atoms with van der Waals surface area (Å²) in [5.41, 5.74) is 3.34. The lowest BCUT2D eigenvalue weighted by Gasteiger charge is -2.10. The number of carbonyl (C=O) groups is 1. The van der Waals surface area contributed by atoms with Crippen molar-refractivity contribution in [3.05, 3.63) is 65.2 Å². The Balaban J connectivity index is 0.00000312. The molecule has 0 aliphatic rings. The molecular weight excluding hydrogens is 336 g/mol. The number of halogens is 1. The summed E-state index contributed by atoms with van der Waals surface area (Å²) in [4.78, 5) is 11.9. The predicted molar refractivity (Wildman–Crippen MR) is 104 cm³/mol. The first-order valence-electron chi connectivity index (χ1n) is 8.42. The van der Waals surface area contributed by atoms with Crippen molar-refractivity contribution >= 4 is 18.3 Å². The first kappa shape index (κ1) is 21.0. The standard InChI is InChI=1S/C20H26N2O2.ClH/c1-3-21-11-12-22-20(23)14-17-8-6-10-19(13-17)24-15-18-9-5-4-7-16(18)2;/h4-10,13,21H,3,11-12,14-15H2,1-2H3,(H,22,23);1H. The molecule has 0 aliphatic carbocycles. The monoisotopic (exact) mass is 362 g/mol. The second-order valence-electron chi connectivity index (χ2n) is 5.74. The van der Waals surface area contributed by atoms with Gasteiger partial charge in [-0.1, -0.05) is 43.3 Å². The minimum atomic E-state index is 0. The van der Waals surface area contributed by atoms with Crippen LogP contribution < -0.4 is 15.4 Å². The number of rotatable bonds is 9. The van der Waals surface area contributed by atoms with E-state index in [1.165, 1.54) is 11.1 Å². The Morgan fingerprint density at radius 2 is 1.88 bits per heavy atom. The molecule has 1 amide bonds. The molecule has 0 aliphatic heterocycles. The summed E-state index contributed by atoms with van der Waals surface area (Å²) in [6.45, 7) is 7.01. The average molecular weight is 363 g/mol. The third-order valence-electron chi connectivity index (χ3n) is 3.79. The molecule has 0 atom stereocenters. The smallest absolute Gasteiger partial charge is 0.224 e. The fourth-order valence-electron chi connectivity index (χ4n) is 2.39. The molecule has 0 heterocycles. The first-order chi connectivity index (χ1) is 11.7. The van der Waals surface area contributed by atoms with E-state index in [0.717, 1.165) is 24.4 Å². The highest BCUT2D eigenvalue weighted by Gasteiger charge is 2.05. The molecule has 2 aromatic rings. The lowest BCUT2D eigenvalue weighted by atomic mass is 10.1. The number of aryl methyl sites for hydroxylation is 1. The lowest BCUT2D eigenvalue weighted by molar-refractivity contribution is -0.120. The summed E-state index contributed by atoms with van der Waals surface area (Å²) in [7, 11) is 0. The normalized spacial score (nSPS) is 10.0. The molecule has 0 saturated carbocycles. The Labute approximate surface area is 156 Å². The molecule has 2 aromatic carbocycles. The molecule has 0 unspecified atom stereocenters. The van der Waals surface area contributed by atoms with Crippen molar-refractivity contribution in [1.82, 2.24) is 10.6 Å². The van der Waals surface area contributed by atoms with E-state index in [-0.39, 0.29) is 18.3 Å². The van der Waals surface area contributed by atoms with Crippen LogP contribution in [0.4, 0.5) is 0 Å². The van der Waals surface area contributed by atoms with Gasteiger partial charge in [0.05, 0.1) is 6.42 Å². The summed E-state index contributed by atoms with van der Waals surface area (Å²) in [6.07, 6.45) is 0.369. The Bertz CT molecular complexity index is 662. The fraction of sp³-hybridized carbons (Fsp3) is 0.350. The van der Waals surface area contributed by atoms with Gasteiger partial charge in [-0.15, -0.1) is 12.4 Å². The van der Waals surface area contributed by atoms with Crippen molar-refractivity contribution in [3.8, 4) is 5.75 Å². The minimum Gasteiger partial charge on any atom is -0.489 e. The van der Waals surface area contributed by atoms with Crippen molar-refractivity contribution in [2.45, 2.75) is 26.9 Å². The van der Waals surface area contributed by atoms with Crippen LogP contribution in [0.2, 0.25) is 0 Å². The van der Waals surface area contributed by atoms with Gasteiger partial charge in [0.1, 0.15) is 12.4 Å². The maximum atomic E-state index is 11.9. The molecule has 0 radical (unpaired) electrons. The summed E-state index contributed by atoms with van der Waals surface area (Å²) < 4.78 is 5.87. The molecule has 5 heteroatoms. The third kappa shape index (κ3) is 7.59. The van der Waals surface area contributed by atoms with E-state index in [0.29, 0.717) is 19.6 Å². The zero-order valence-corrected chi connectivity index (χ0v) is 15.7. The Kier molecular flexibility index (Phi) is 9.66. The highest BCUT2D eigenvalue weighted by atomic mass is 35.5. The molecule has 0 fully saturated rings. The van der Waals surface area contributed by atoms with E-state index in [1.54, 1.807) is 0 Å². The van der Waals surface area contributed by atoms with Gasteiger partial charge in [-0.25, -0.2) is 0 Å². The summed E-state index contributed by atoms with van der Waals surface area (Å²) in [5, 5.41) is 6.09. The van der Waals surface area contributed by atoms with Gasteiger partial charge in [-0.2, -0.15) is 0 Å². The largest absolute Gasteiger partial charge is 0.489 e. The van der Waals surface area contributed by atoms with E-state index in [1.807, 2.05) is 43.3 Å². The maximum Gasteiger partial charge on any atom is 0.224 e. The molecule has 0 saturated heterocycles. The van der Waals surface area contributed by atoms with Gasteiger partial charge in [0.25, 0.3) is 0 Å². The van der Waals surface area contributed by atoms with Crippen molar-refractivity contribution in [2.24, 2.45) is 0 Å². The van der Waals surface area contributed by atoms with E-state index < -0.39 is 0 Å². The van der Waals surface area contributed by atoms with Crippen molar-refractivity contribution in [1.29, 1.82) is 0 Å². The lowest BCUT2D eigenvalue weighted by Crippen LogP contribution is -2.32. The molecule has 25 heavy (non-hydrogen) atoms. The topological polar surface area (TPSA) is 50.4 Å². The zero-order chi connectivity index (χ0) is 17.2. The molecule has 0 bridgehead atoms. The van der Waals surface area contributed by atoms with E-state index in [2.05, 4.69) is 29.7 Å². The van der Waals surface area contributed by atoms with Crippen LogP contribution in [-0.2, 0) is 17.8 Å². The SMILES string of the molecule is CCNCCNC(=O)Cc1cccc(OCc2ccccc2C)c1.Cl. The van der Waals surface area contributed by atoms with Gasteiger partial charge in [-0.05, 0) is 42.3 Å². The summed E-state index contributed by atoms with van der Waals surface area (Å²) >= 11 is 0. The van der Waals surface area contributed by atoms with Crippen molar-refractivity contribution in [2.75, 3.05) is 19.6 Å². The van der Waals surface area contributed by atoms with Gasteiger partial charge in [0.15, 0.2) is 0 Å². The van der Waals surface area contributed by atoms with Crippen LogP contribution in [0, 0.1) is 6.92 Å². The highest BCUT2D eigenvalue weighted by molar-refractivity contribution is 5.85. The first-order valence-corrected chi connectivity index (χ1v) is 8.42. The van der Waals surface area contributed by atoms with Crippen molar-refractivity contribution in [3.63, 3.8) is 0 Å². The number of amides is 1. The van der Waals surface area contributed by atoms with Gasteiger partial charge in [0, 0.05) is 13.1 Å². The number of hydrogen-bond acceptors (Lipinski definition) is 3. The summed E-state index contributed by atoms with van der Waals surface area (Å²) in [6, 6.07) is 15.9. The Morgan fingerprint density at radius 1 is 1.08 bits per heavy atom. The second-order valence-corrected chi connectivity index (χ2v) is 5.74. The Morgan fingerprint density at radius 3 is 2.64 bits per heavy atom. The molecule has 4 nitrogen and oxygen atoms in total. The van der Waals surface area contributed by atoms with Crippen LogP contribution in [-0.4, -0.2) is 25.5 Å². The minimum absolute atomic E-state index is 0. The second kappa shape index (κ2) is 11.5. The molecule has 2 rings (SSSR count). The number of benzene rings is 2. The molecule has 0 aromatic heterocycles. The van der Waals surface area contributed by atoms with Crippen molar-refractivity contribution < 1.29 is 9.53 Å². The van der Waals surface area contributed by atoms with E-state index >= 15 is 0 Å². The molecule has 136 valence electrons. The molecule has 0 spiro atoms. The van der Waals surface area contributed by atoms with E-state index in [4.69, 9.17) is 4.74 Å². The van der Waals surface area contributed by atoms with Crippen LogP contribution >= 0.6 is 12.4 Å². The van der Waals surface area contributed by atoms with Gasteiger partial charge in [0.2, 0.25) is 5.91 Å². The number of nitrogens with one attached hydrogen (secondary N) is 2. The van der Waals surface area contributed by atoms with Gasteiger partial charge in [-0.3, -0.25) is 4.79 Å². The summed E-state index contributed by atoms with van der Waals surface area (Å²) in [5.74, 6) is 0.820. The fourth-order valence-corrected chi connectivity index (χ4v) is 2.39. The number of hydrogen-bond donors (Lipinski definition) is 2. The van der Waals surface area contributed by atoms with Crippen LogP contribution in [0.25, 0.3) is 0 Å². The molecule has 2 N–H and O–H groups in total. The molecular formula is C20H27ClN2O2. The number of likely N-dealkylation sites (N-methyl/N-ethyl adjacent to an activating group) is 1. The van der Waals surface area contributed by atoms with E-state index in [9.17, 15) is 4.79 Å². The number of ether oxygens (including phenoxy) is 1. The van der Waals surface area contributed by atoms with Crippen LogP contribution in [0.15, 0.2) is 48.5 Å². The third-order valence-corrected chi connectivity index (χ3v) is 3.79. The Hall–Kier alpha value is -2.04. The van der Waals surface area contributed by atoms with Crippen LogP contribution in [0.1, 0.15) is 23.6 Å². The maximum absolute atomic E-state index is 11.9. The zero-order valence-electron chi connectivity index (χ0n) is 14.9. The highest BCUT2D eigenvalue weighted by Crippen LogP contribution is 2.17. The number of carbonyl (C=O) groups excluding carboxylic acids is 1. The quantitative estimate of drug-likeness (QED) is 0.673. The van der Waals surface area contributed by atoms with Crippen LogP contribution in [0.5, 0.6) is 5.75 Å². The average Bonchev–Trinajstić information content (AvgIpc) is 2.58.